The van der Waals surface area contributed by atoms with Crippen molar-refractivity contribution in [1.29, 1.82) is 0 Å². The number of hydrogen-bond acceptors (Lipinski definition) is 11. The molecule has 310 valence electrons. The fraction of sp³-hybridized carbons (Fsp3) is 0.441. The average molecular weight is 821 g/mol. The maximum atomic E-state index is 13.5. The summed E-state index contributed by atoms with van der Waals surface area (Å²) in [5.41, 5.74) is -0.217. The van der Waals surface area contributed by atoms with Crippen LogP contribution >= 0.6 is 0 Å². The van der Waals surface area contributed by atoms with Crippen LogP contribution in [-0.2, 0) is 77.4 Å². The lowest BCUT2D eigenvalue weighted by atomic mass is 9.83. The van der Waals surface area contributed by atoms with Crippen molar-refractivity contribution >= 4 is 58.6 Å². The molecule has 0 fully saturated rings. The van der Waals surface area contributed by atoms with Gasteiger partial charge in [0.2, 0.25) is 11.8 Å². The summed E-state index contributed by atoms with van der Waals surface area (Å²) in [6.45, 7) is -1.97. The zero-order valence-electron chi connectivity index (χ0n) is 30.6. The standard InChI is InChI=1S/C34H44N8O14S/c43-27(37-34(9-5-29(45)46,10-6-30(47)48)11-7-31(49)50)19-40-15-12-35-25(40)17-39(14-8-23-1-3-24(4-2-23)38-57(55)56)18-26-36-13-16-41(26)20-28(44)42(21-32(51)52)22-33(53)54/h1-4,12-13,15-16,38H,5-11,14,17-22H2,(H,37,43)(H,45,46)(H,47,48)(H,49,50)(H,51,52)(H,53,54)(H,55,56). The number of amides is 2. The molecular weight excluding hydrogens is 776 g/mol. The molecule has 0 spiro atoms. The Labute approximate surface area is 327 Å². The number of imidazole rings is 2. The number of carbonyl (C=O) groups excluding carboxylic acids is 2. The first kappa shape index (κ1) is 45.2. The summed E-state index contributed by atoms with van der Waals surface area (Å²) >= 11 is -2.27. The fourth-order valence-corrected chi connectivity index (χ4v) is 6.25. The van der Waals surface area contributed by atoms with Gasteiger partial charge in [-0.25, -0.2) is 14.2 Å². The molecule has 0 aliphatic heterocycles. The van der Waals surface area contributed by atoms with E-state index in [0.29, 0.717) is 35.2 Å². The number of benzene rings is 1. The molecular formula is C34H44N8O14S. The van der Waals surface area contributed by atoms with Crippen molar-refractivity contribution in [3.05, 3.63) is 66.3 Å². The Morgan fingerprint density at radius 1 is 0.702 bits per heavy atom. The van der Waals surface area contributed by atoms with Gasteiger partial charge < -0.3 is 44.9 Å². The molecule has 57 heavy (non-hydrogen) atoms. The quantitative estimate of drug-likeness (QED) is 0.0480. The number of carboxylic acids is 5. The number of carbonyl (C=O) groups is 7. The van der Waals surface area contributed by atoms with E-state index in [4.69, 9.17) is 4.55 Å². The monoisotopic (exact) mass is 820 g/mol. The molecule has 0 saturated heterocycles. The van der Waals surface area contributed by atoms with Crippen molar-refractivity contribution < 1.29 is 67.9 Å². The second kappa shape index (κ2) is 21.8. The van der Waals surface area contributed by atoms with Crippen LogP contribution in [0.1, 0.15) is 55.7 Å². The van der Waals surface area contributed by atoms with E-state index in [0.717, 1.165) is 5.56 Å². The van der Waals surface area contributed by atoms with E-state index in [1.54, 1.807) is 24.3 Å². The highest BCUT2D eigenvalue weighted by Crippen LogP contribution is 2.26. The second-order valence-electron chi connectivity index (χ2n) is 13.0. The molecule has 0 aliphatic carbocycles. The maximum Gasteiger partial charge on any atom is 0.323 e. The van der Waals surface area contributed by atoms with Crippen LogP contribution in [0.25, 0.3) is 0 Å². The Balaban J connectivity index is 1.87. The fourth-order valence-electron chi connectivity index (χ4n) is 5.91. The Morgan fingerprint density at radius 3 is 1.61 bits per heavy atom. The Kier molecular flexibility index (Phi) is 17.3. The van der Waals surface area contributed by atoms with Crippen LogP contribution in [0.5, 0.6) is 0 Å². The number of rotatable bonds is 27. The molecule has 1 unspecified atom stereocenters. The first-order chi connectivity index (χ1) is 26.9. The predicted octanol–water partition coefficient (Wildman–Crippen LogP) is 0.320. The minimum atomic E-state index is -2.27. The van der Waals surface area contributed by atoms with Crippen molar-refractivity contribution in [2.45, 2.75) is 76.7 Å². The van der Waals surface area contributed by atoms with Gasteiger partial charge in [-0.1, -0.05) is 12.1 Å². The van der Waals surface area contributed by atoms with E-state index < -0.39 is 97.4 Å². The minimum absolute atomic E-state index is 0.0724. The SMILES string of the molecule is O=C(O)CCC(CCC(=O)O)(CCC(=O)O)NC(=O)Cn1ccnc1CN(CCc1ccc(NS(=O)O)cc1)Cc1nccn1CC(=O)N(CC(=O)O)CC(=O)O. The summed E-state index contributed by atoms with van der Waals surface area (Å²) in [6, 6.07) is 6.70. The van der Waals surface area contributed by atoms with Crippen LogP contribution in [-0.4, -0.2) is 130 Å². The van der Waals surface area contributed by atoms with Crippen molar-refractivity contribution in [2.75, 3.05) is 24.4 Å². The maximum absolute atomic E-state index is 13.5. The lowest BCUT2D eigenvalue weighted by Crippen LogP contribution is -2.50. The van der Waals surface area contributed by atoms with Crippen LogP contribution < -0.4 is 10.0 Å². The van der Waals surface area contributed by atoms with E-state index in [1.807, 2.05) is 4.90 Å². The minimum Gasteiger partial charge on any atom is -0.481 e. The molecule has 0 saturated carbocycles. The van der Waals surface area contributed by atoms with Gasteiger partial charge in [0.05, 0.1) is 13.1 Å². The molecule has 1 atom stereocenters. The summed E-state index contributed by atoms with van der Waals surface area (Å²) < 4.78 is 25.6. The topological polar surface area (TPSA) is 324 Å². The molecule has 2 amide bonds. The van der Waals surface area contributed by atoms with Crippen molar-refractivity contribution in [3.63, 3.8) is 0 Å². The molecule has 0 radical (unpaired) electrons. The Morgan fingerprint density at radius 2 is 1.18 bits per heavy atom. The number of nitrogens with zero attached hydrogens (tertiary/aromatic N) is 6. The first-order valence-corrected chi connectivity index (χ1v) is 18.4. The van der Waals surface area contributed by atoms with E-state index in [2.05, 4.69) is 20.0 Å². The van der Waals surface area contributed by atoms with Gasteiger partial charge in [0, 0.05) is 61.8 Å². The highest BCUT2D eigenvalue weighted by molar-refractivity contribution is 7.80. The normalized spacial score (nSPS) is 11.8. The van der Waals surface area contributed by atoms with Gasteiger partial charge in [-0.05, 0) is 43.4 Å². The molecule has 22 nitrogen and oxygen atoms in total. The van der Waals surface area contributed by atoms with Gasteiger partial charge in [-0.2, -0.15) is 0 Å². The van der Waals surface area contributed by atoms with Crippen LogP contribution in [0.15, 0.2) is 49.1 Å². The van der Waals surface area contributed by atoms with Crippen molar-refractivity contribution in [3.8, 4) is 0 Å². The van der Waals surface area contributed by atoms with Crippen LogP contribution in [0.3, 0.4) is 0 Å². The summed E-state index contributed by atoms with van der Waals surface area (Å²) in [5.74, 6) is -7.16. The largest absolute Gasteiger partial charge is 0.481 e. The van der Waals surface area contributed by atoms with Gasteiger partial charge in [0.15, 0.2) is 0 Å². The zero-order valence-corrected chi connectivity index (χ0v) is 31.4. The van der Waals surface area contributed by atoms with E-state index >= 15 is 0 Å². The Bertz CT molecular complexity index is 1850. The smallest absolute Gasteiger partial charge is 0.323 e. The molecule has 2 aromatic heterocycles. The predicted molar refractivity (Wildman–Crippen MR) is 196 cm³/mol. The zero-order chi connectivity index (χ0) is 42.1. The molecule has 23 heteroatoms. The highest BCUT2D eigenvalue weighted by atomic mass is 32.2. The van der Waals surface area contributed by atoms with Crippen LogP contribution in [0.4, 0.5) is 5.69 Å². The van der Waals surface area contributed by atoms with Gasteiger partial charge in [0.25, 0.3) is 11.3 Å². The highest BCUT2D eigenvalue weighted by Gasteiger charge is 2.34. The van der Waals surface area contributed by atoms with E-state index in [9.17, 15) is 63.3 Å². The van der Waals surface area contributed by atoms with Crippen molar-refractivity contribution in [1.82, 2.24) is 34.2 Å². The second-order valence-corrected chi connectivity index (χ2v) is 13.7. The number of aromatic nitrogens is 4. The number of nitrogens with one attached hydrogen (secondary N) is 2. The average Bonchev–Trinajstić information content (AvgIpc) is 3.75. The van der Waals surface area contributed by atoms with Gasteiger partial charge in [0.1, 0.15) is 37.8 Å². The van der Waals surface area contributed by atoms with Crippen LogP contribution in [0, 0.1) is 0 Å². The molecule has 8 N–H and O–H groups in total. The van der Waals surface area contributed by atoms with Crippen molar-refractivity contribution in [2.24, 2.45) is 0 Å². The van der Waals surface area contributed by atoms with Gasteiger partial charge in [-0.3, -0.25) is 47.7 Å². The summed E-state index contributed by atoms with van der Waals surface area (Å²) in [5, 5.41) is 49.1. The molecule has 2 heterocycles. The molecule has 0 aliphatic rings. The Hall–Kier alpha value is -6.20. The third-order valence-corrected chi connectivity index (χ3v) is 9.10. The number of anilines is 1. The molecule has 3 rings (SSSR count). The van der Waals surface area contributed by atoms with Gasteiger partial charge >= 0.3 is 29.8 Å². The lowest BCUT2D eigenvalue weighted by molar-refractivity contribution is -0.149. The third-order valence-electron chi connectivity index (χ3n) is 8.69. The molecule has 3 aromatic rings. The summed E-state index contributed by atoms with van der Waals surface area (Å²) in [4.78, 5) is 94.8. The first-order valence-electron chi connectivity index (χ1n) is 17.3. The van der Waals surface area contributed by atoms with Gasteiger partial charge in [-0.15, -0.1) is 0 Å². The summed E-state index contributed by atoms with van der Waals surface area (Å²) in [7, 11) is 0. The third kappa shape index (κ3) is 16.2. The number of carboxylic acid groups (broad SMARTS) is 5. The van der Waals surface area contributed by atoms with E-state index in [-0.39, 0.29) is 38.9 Å². The van der Waals surface area contributed by atoms with Crippen LogP contribution in [0.2, 0.25) is 0 Å². The van der Waals surface area contributed by atoms with E-state index in [1.165, 1.54) is 33.9 Å². The molecule has 0 bridgehead atoms. The number of aliphatic carboxylic acids is 5. The molecule has 1 aromatic carbocycles. The lowest BCUT2D eigenvalue weighted by Gasteiger charge is -2.34. The number of hydrogen-bond donors (Lipinski definition) is 8. The summed E-state index contributed by atoms with van der Waals surface area (Å²) in [6.07, 6.45) is 4.24.